The summed E-state index contributed by atoms with van der Waals surface area (Å²) < 4.78 is 23.6. The van der Waals surface area contributed by atoms with Gasteiger partial charge in [-0.25, -0.2) is 14.6 Å². The van der Waals surface area contributed by atoms with Crippen LogP contribution in [0.3, 0.4) is 0 Å². The highest BCUT2D eigenvalue weighted by molar-refractivity contribution is 6.68. The van der Waals surface area contributed by atoms with Crippen LogP contribution in [0.25, 0.3) is 22.3 Å². The van der Waals surface area contributed by atoms with Crippen molar-refractivity contribution in [2.24, 2.45) is 0 Å². The number of esters is 1. The van der Waals surface area contributed by atoms with Crippen molar-refractivity contribution < 1.29 is 38.4 Å². The number of nitrogens with zero attached hydrogens (tertiary/aromatic N) is 3. The number of carbonyl (C=O) groups excluding carboxylic acids is 3. The van der Waals surface area contributed by atoms with Gasteiger partial charge in [-0.15, -0.1) is 0 Å². The van der Waals surface area contributed by atoms with Gasteiger partial charge in [0.2, 0.25) is 6.79 Å². The molecule has 1 atom stereocenters. The average molecular weight is 610 g/mol. The molecule has 0 fully saturated rings. The molecule has 14 heteroatoms. The molecule has 0 saturated carbocycles. The first-order chi connectivity index (χ1) is 20.2. The highest BCUT2D eigenvalue weighted by atomic mass is 35.5. The van der Waals surface area contributed by atoms with Crippen LogP contribution in [0.1, 0.15) is 62.8 Å². The minimum atomic E-state index is -2.01. The quantitative estimate of drug-likeness (QED) is 0.158. The molecule has 6 rings (SSSR count). The van der Waals surface area contributed by atoms with Crippen molar-refractivity contribution in [2.45, 2.75) is 71.2 Å². The third kappa shape index (κ3) is 4.53. The van der Waals surface area contributed by atoms with Crippen LogP contribution in [0, 0.1) is 0 Å². The largest absolute Gasteiger partial charge is 0.459 e. The van der Waals surface area contributed by atoms with Crippen LogP contribution in [0.2, 0.25) is 0 Å². The molecule has 2 amide bonds. The van der Waals surface area contributed by atoms with Crippen LogP contribution >= 0.6 is 11.6 Å². The molecule has 0 bridgehead atoms. The van der Waals surface area contributed by atoms with Gasteiger partial charge in [0.1, 0.15) is 23.4 Å². The number of hydrogen-bond donors (Lipinski definition) is 1. The van der Waals surface area contributed by atoms with E-state index in [-0.39, 0.29) is 48.3 Å². The van der Waals surface area contributed by atoms with Crippen LogP contribution in [0.4, 0.5) is 15.3 Å². The van der Waals surface area contributed by atoms with Crippen molar-refractivity contribution in [1.29, 1.82) is 0 Å². The second kappa shape index (κ2) is 9.98. The van der Waals surface area contributed by atoms with Crippen molar-refractivity contribution in [3.63, 3.8) is 0 Å². The number of cyclic esters (lactones) is 1. The summed E-state index contributed by atoms with van der Waals surface area (Å²) in [5.41, 5.74) is -0.280. The van der Waals surface area contributed by atoms with Gasteiger partial charge < -0.3 is 28.6 Å². The van der Waals surface area contributed by atoms with Crippen molar-refractivity contribution in [3.05, 3.63) is 44.7 Å². The second-order valence-electron chi connectivity index (χ2n) is 11.9. The van der Waals surface area contributed by atoms with E-state index in [4.69, 9.17) is 35.5 Å². The molecule has 2 aromatic heterocycles. The van der Waals surface area contributed by atoms with Gasteiger partial charge in [0.15, 0.2) is 19.3 Å². The van der Waals surface area contributed by atoms with E-state index in [0.29, 0.717) is 34.3 Å². The van der Waals surface area contributed by atoms with E-state index in [1.807, 2.05) is 6.92 Å². The molecule has 3 aliphatic heterocycles. The van der Waals surface area contributed by atoms with Crippen LogP contribution in [-0.2, 0) is 39.3 Å². The van der Waals surface area contributed by atoms with Gasteiger partial charge in [-0.05, 0) is 62.4 Å². The predicted octanol–water partition coefficient (Wildman–Crippen LogP) is 3.43. The number of carbonyl (C=O) groups is 3. The lowest BCUT2D eigenvalue weighted by atomic mass is 9.73. The van der Waals surface area contributed by atoms with Crippen LogP contribution in [-0.4, -0.2) is 52.3 Å². The molecule has 12 nitrogen and oxygen atoms in total. The number of benzene rings is 1. The maximum absolute atomic E-state index is 13.7. The predicted molar refractivity (Wildman–Crippen MR) is 157 cm³/mol. The fourth-order valence-corrected chi connectivity index (χ4v) is 5.98. The number of anilines is 1. The number of rotatable bonds is 4. The molecule has 0 unspecified atom stereocenters. The summed E-state index contributed by atoms with van der Waals surface area (Å²) in [4.78, 5) is 58.0. The number of fused-ring (bicyclic) bond motifs is 6. The Balaban J connectivity index is 1.67. The fraction of sp³-hybridized carbons (Fsp3) is 0.414. The smallest absolute Gasteiger partial charge is 0.422 e. The molecule has 224 valence electrons. The van der Waals surface area contributed by atoms with Crippen LogP contribution in [0.5, 0.6) is 11.5 Å². The number of aryl methyl sites for hydroxylation is 1. The second-order valence-corrected chi connectivity index (χ2v) is 12.2. The highest BCUT2D eigenvalue weighted by Crippen LogP contribution is 2.50. The van der Waals surface area contributed by atoms with Gasteiger partial charge in [0, 0.05) is 17.0 Å². The summed E-state index contributed by atoms with van der Waals surface area (Å²) in [6.45, 7) is 6.75. The number of hydrogen-bond acceptors (Lipinski definition) is 10. The van der Waals surface area contributed by atoms with Crippen molar-refractivity contribution >= 4 is 53.5 Å². The Labute approximate surface area is 251 Å². The molecule has 43 heavy (non-hydrogen) atoms. The zero-order valence-corrected chi connectivity index (χ0v) is 25.1. The summed E-state index contributed by atoms with van der Waals surface area (Å²) in [5.74, 6) is -0.459. The zero-order valence-electron chi connectivity index (χ0n) is 24.3. The van der Waals surface area contributed by atoms with Gasteiger partial charge in [-0.1, -0.05) is 13.3 Å². The number of aliphatic hydroxyl groups is 1. The van der Waals surface area contributed by atoms with Gasteiger partial charge >= 0.3 is 17.4 Å². The number of imide groups is 1. The van der Waals surface area contributed by atoms with Crippen LogP contribution < -0.4 is 19.9 Å². The van der Waals surface area contributed by atoms with Crippen molar-refractivity contribution in [2.75, 3.05) is 11.7 Å². The number of aromatic nitrogens is 2. The Morgan fingerprint density at radius 2 is 1.95 bits per heavy atom. The van der Waals surface area contributed by atoms with E-state index in [1.54, 1.807) is 32.9 Å². The lowest BCUT2D eigenvalue weighted by molar-refractivity contribution is -0.162. The molecule has 3 aliphatic rings. The SMILES string of the molecule is B[C@@]1(O)C(=O)OCc2c1cc1n(c2=O)Cc2c-1nc1cc3c(c(N(C(=O)Cl)C(=O)OC(C)(C)C)c1c2CCCC)OCO3. The zero-order chi connectivity index (χ0) is 31.0. The summed E-state index contributed by atoms with van der Waals surface area (Å²) in [6, 6.07) is 3.25. The molecular weight excluding hydrogens is 581 g/mol. The molecule has 1 N–H and O–H groups in total. The third-order valence-electron chi connectivity index (χ3n) is 7.79. The van der Waals surface area contributed by atoms with E-state index < -0.39 is 34.1 Å². The maximum atomic E-state index is 13.7. The van der Waals surface area contributed by atoms with Crippen molar-refractivity contribution in [1.82, 2.24) is 9.55 Å². The van der Waals surface area contributed by atoms with Crippen LogP contribution in [0.15, 0.2) is 16.9 Å². The minimum Gasteiger partial charge on any atom is -0.459 e. The summed E-state index contributed by atoms with van der Waals surface area (Å²) >= 11 is 6.04. The van der Waals surface area contributed by atoms with E-state index in [1.165, 1.54) is 12.4 Å². The Morgan fingerprint density at radius 1 is 1.21 bits per heavy atom. The summed E-state index contributed by atoms with van der Waals surface area (Å²) in [6.07, 6.45) is 1.06. The number of ether oxygens (including phenoxy) is 4. The molecular formula is C29H29BClN3O9. The molecule has 0 spiro atoms. The first-order valence-corrected chi connectivity index (χ1v) is 14.3. The normalized spacial score (nSPS) is 18.1. The number of unbranched alkanes of at least 4 members (excludes halogenated alkanes) is 1. The third-order valence-corrected chi connectivity index (χ3v) is 7.95. The number of halogens is 1. The lowest BCUT2D eigenvalue weighted by Crippen LogP contribution is -2.45. The number of amides is 2. The van der Waals surface area contributed by atoms with Crippen molar-refractivity contribution in [3.8, 4) is 22.9 Å². The van der Waals surface area contributed by atoms with E-state index in [2.05, 4.69) is 0 Å². The first kappa shape index (κ1) is 29.0. The van der Waals surface area contributed by atoms with Gasteiger partial charge in [-0.3, -0.25) is 9.59 Å². The monoisotopic (exact) mass is 609 g/mol. The number of pyridine rings is 2. The van der Waals surface area contributed by atoms with E-state index in [9.17, 15) is 24.3 Å². The Kier molecular flexibility index (Phi) is 6.73. The molecule has 5 heterocycles. The first-order valence-electron chi connectivity index (χ1n) is 13.9. The Hall–Kier alpha value is -4.10. The van der Waals surface area contributed by atoms with Gasteiger partial charge in [0.05, 0.1) is 29.0 Å². The van der Waals surface area contributed by atoms with E-state index >= 15 is 0 Å². The standard InChI is InChI=1S/C29H29BClN3O9/c1-5-6-7-13-14-10-33-18(8-16-15(24(33)35)11-40-25(36)29(16,30)39)21(14)32-17-9-19-23(42-12-41-19)22(20(13)17)34(26(31)37)27(38)43-28(2,3)4/h8-9,39H,5-7,10-12,30H2,1-4H3/t29-/m0/s1. The summed E-state index contributed by atoms with van der Waals surface area (Å²) in [5, 5.41) is 10.3. The maximum Gasteiger partial charge on any atom is 0.422 e. The van der Waals surface area contributed by atoms with E-state index in [0.717, 1.165) is 23.3 Å². The Morgan fingerprint density at radius 3 is 2.63 bits per heavy atom. The summed E-state index contributed by atoms with van der Waals surface area (Å²) in [7, 11) is 1.29. The fourth-order valence-electron chi connectivity index (χ4n) is 5.83. The molecule has 0 saturated heterocycles. The van der Waals surface area contributed by atoms with Gasteiger partial charge in [0.25, 0.3) is 5.56 Å². The minimum absolute atomic E-state index is 0.0465. The topological polar surface area (TPSA) is 146 Å². The molecule has 3 aromatic rings. The van der Waals surface area contributed by atoms with Gasteiger partial charge in [-0.2, -0.15) is 4.90 Å². The lowest BCUT2D eigenvalue weighted by Gasteiger charge is -2.29. The molecule has 0 radical (unpaired) electrons. The average Bonchev–Trinajstić information content (AvgIpc) is 3.53. The molecule has 0 aliphatic carbocycles. The molecule has 1 aromatic carbocycles. The highest BCUT2D eigenvalue weighted by Gasteiger charge is 2.43. The Bertz CT molecular complexity index is 1810.